The maximum absolute atomic E-state index is 12.5. The molecule has 124 valence electrons. The zero-order chi connectivity index (χ0) is 16.5. The fourth-order valence-electron chi connectivity index (χ4n) is 3.75. The fourth-order valence-corrected chi connectivity index (χ4v) is 3.75. The molecule has 0 aromatic heterocycles. The van der Waals surface area contributed by atoms with Gasteiger partial charge in [-0.25, -0.2) is 0 Å². The third kappa shape index (κ3) is 2.77. The SMILES string of the molecule is O=C(CC1COC2c3ccc(CO)cc3CCN12)c1ccccc1. The number of aliphatic hydroxyl groups is 1. The van der Waals surface area contributed by atoms with E-state index in [1.54, 1.807) is 0 Å². The number of benzene rings is 2. The minimum Gasteiger partial charge on any atom is -0.392 e. The quantitative estimate of drug-likeness (QED) is 0.879. The number of rotatable bonds is 4. The van der Waals surface area contributed by atoms with Crippen LogP contribution in [0.25, 0.3) is 0 Å². The lowest BCUT2D eigenvalue weighted by Crippen LogP contribution is -2.39. The van der Waals surface area contributed by atoms with Gasteiger partial charge in [0.05, 0.1) is 13.2 Å². The molecular weight excluding hydrogens is 302 g/mol. The maximum Gasteiger partial charge on any atom is 0.164 e. The van der Waals surface area contributed by atoms with Crippen LogP contribution in [0, 0.1) is 0 Å². The van der Waals surface area contributed by atoms with E-state index >= 15 is 0 Å². The third-order valence-electron chi connectivity index (χ3n) is 5.03. The summed E-state index contributed by atoms with van der Waals surface area (Å²) in [6.45, 7) is 1.54. The summed E-state index contributed by atoms with van der Waals surface area (Å²) in [7, 11) is 0. The molecule has 0 spiro atoms. The van der Waals surface area contributed by atoms with Crippen LogP contribution in [0.15, 0.2) is 48.5 Å². The van der Waals surface area contributed by atoms with E-state index in [1.807, 2.05) is 36.4 Å². The summed E-state index contributed by atoms with van der Waals surface area (Å²) < 4.78 is 6.02. The van der Waals surface area contributed by atoms with Crippen molar-refractivity contribution in [2.75, 3.05) is 13.2 Å². The smallest absolute Gasteiger partial charge is 0.164 e. The summed E-state index contributed by atoms with van der Waals surface area (Å²) in [5.74, 6) is 0.172. The van der Waals surface area contributed by atoms with Gasteiger partial charge in [-0.05, 0) is 23.1 Å². The molecule has 2 unspecified atom stereocenters. The monoisotopic (exact) mass is 323 g/mol. The van der Waals surface area contributed by atoms with Crippen LogP contribution in [0.4, 0.5) is 0 Å². The van der Waals surface area contributed by atoms with Crippen LogP contribution in [0.1, 0.15) is 39.7 Å². The van der Waals surface area contributed by atoms with E-state index in [1.165, 1.54) is 11.1 Å². The third-order valence-corrected chi connectivity index (χ3v) is 5.03. The van der Waals surface area contributed by atoms with Crippen LogP contribution in [-0.2, 0) is 17.8 Å². The van der Waals surface area contributed by atoms with Crippen LogP contribution in [0.2, 0.25) is 0 Å². The molecule has 2 aromatic rings. The Morgan fingerprint density at radius 3 is 2.83 bits per heavy atom. The predicted octanol–water partition coefficient (Wildman–Crippen LogP) is 2.71. The highest BCUT2D eigenvalue weighted by molar-refractivity contribution is 5.96. The van der Waals surface area contributed by atoms with Crippen LogP contribution in [0.3, 0.4) is 0 Å². The van der Waals surface area contributed by atoms with Gasteiger partial charge in [0.2, 0.25) is 0 Å². The molecule has 24 heavy (non-hydrogen) atoms. The molecule has 0 aliphatic carbocycles. The van der Waals surface area contributed by atoms with Crippen LogP contribution >= 0.6 is 0 Å². The standard InChI is InChI=1S/C20H21NO3/c22-12-14-6-7-18-16(10-14)8-9-21-17(13-24-20(18)21)11-19(23)15-4-2-1-3-5-15/h1-7,10,17,20,22H,8-9,11-13H2. The summed E-state index contributed by atoms with van der Waals surface area (Å²) in [6.07, 6.45) is 1.36. The van der Waals surface area contributed by atoms with Gasteiger partial charge in [-0.15, -0.1) is 0 Å². The molecule has 1 saturated heterocycles. The van der Waals surface area contributed by atoms with E-state index in [0.29, 0.717) is 13.0 Å². The van der Waals surface area contributed by atoms with Crippen LogP contribution in [0.5, 0.6) is 0 Å². The van der Waals surface area contributed by atoms with Crippen molar-refractivity contribution in [1.29, 1.82) is 0 Å². The average molecular weight is 323 g/mol. The van der Waals surface area contributed by atoms with E-state index < -0.39 is 0 Å². The molecule has 2 aliphatic heterocycles. The Morgan fingerprint density at radius 2 is 2.04 bits per heavy atom. The summed E-state index contributed by atoms with van der Waals surface area (Å²) in [5.41, 5.74) is 4.13. The number of nitrogens with zero attached hydrogens (tertiary/aromatic N) is 1. The molecule has 1 N–H and O–H groups in total. The molecule has 1 fully saturated rings. The topological polar surface area (TPSA) is 49.8 Å². The number of fused-ring (bicyclic) bond motifs is 3. The molecule has 2 heterocycles. The van der Waals surface area contributed by atoms with E-state index in [0.717, 1.165) is 24.1 Å². The van der Waals surface area contributed by atoms with Gasteiger partial charge in [0.1, 0.15) is 6.23 Å². The molecule has 2 atom stereocenters. The Balaban J connectivity index is 1.51. The first-order valence-corrected chi connectivity index (χ1v) is 8.44. The number of Topliss-reactive ketones (excluding diaryl/α,β-unsaturated/α-hetero) is 1. The first kappa shape index (κ1) is 15.5. The van der Waals surface area contributed by atoms with Crippen molar-refractivity contribution in [3.63, 3.8) is 0 Å². The minimum absolute atomic E-state index is 0.0601. The molecule has 0 saturated carbocycles. The van der Waals surface area contributed by atoms with Gasteiger partial charge in [0, 0.05) is 24.6 Å². The summed E-state index contributed by atoms with van der Waals surface area (Å²) in [6, 6.07) is 15.7. The van der Waals surface area contributed by atoms with Gasteiger partial charge in [-0.3, -0.25) is 9.69 Å². The Labute approximate surface area is 141 Å². The van der Waals surface area contributed by atoms with E-state index in [2.05, 4.69) is 17.0 Å². The zero-order valence-electron chi connectivity index (χ0n) is 13.5. The largest absolute Gasteiger partial charge is 0.392 e. The van der Waals surface area contributed by atoms with Gasteiger partial charge in [-0.1, -0.05) is 48.5 Å². The van der Waals surface area contributed by atoms with Crippen molar-refractivity contribution in [2.24, 2.45) is 0 Å². The maximum atomic E-state index is 12.5. The first-order chi connectivity index (χ1) is 11.8. The molecular formula is C20H21NO3. The van der Waals surface area contributed by atoms with Gasteiger partial charge in [-0.2, -0.15) is 0 Å². The first-order valence-electron chi connectivity index (χ1n) is 8.44. The van der Waals surface area contributed by atoms with Gasteiger partial charge in [0.15, 0.2) is 5.78 Å². The van der Waals surface area contributed by atoms with Gasteiger partial charge < -0.3 is 9.84 Å². The van der Waals surface area contributed by atoms with E-state index in [-0.39, 0.29) is 24.7 Å². The van der Waals surface area contributed by atoms with Gasteiger partial charge in [0.25, 0.3) is 0 Å². The van der Waals surface area contributed by atoms with Crippen molar-refractivity contribution in [1.82, 2.24) is 4.90 Å². The Morgan fingerprint density at radius 1 is 1.21 bits per heavy atom. The number of aliphatic hydroxyl groups excluding tert-OH is 1. The van der Waals surface area contributed by atoms with E-state index in [9.17, 15) is 9.90 Å². The Hall–Kier alpha value is -2.01. The number of carbonyl (C=O) groups excluding carboxylic acids is 1. The molecule has 2 aromatic carbocycles. The fraction of sp³-hybridized carbons (Fsp3) is 0.350. The number of carbonyl (C=O) groups is 1. The van der Waals surface area contributed by atoms with Crippen molar-refractivity contribution in [3.8, 4) is 0 Å². The van der Waals surface area contributed by atoms with Crippen molar-refractivity contribution >= 4 is 5.78 Å². The predicted molar refractivity (Wildman–Crippen MR) is 90.6 cm³/mol. The van der Waals surface area contributed by atoms with E-state index in [4.69, 9.17) is 4.74 Å². The number of ether oxygens (including phenoxy) is 1. The van der Waals surface area contributed by atoms with Crippen LogP contribution in [-0.4, -0.2) is 35.0 Å². The Kier molecular flexibility index (Phi) is 4.19. The minimum atomic E-state index is -0.0601. The summed E-state index contributed by atoms with van der Waals surface area (Å²) in [5, 5.41) is 9.30. The molecule has 4 heteroatoms. The molecule has 0 radical (unpaired) electrons. The van der Waals surface area contributed by atoms with Crippen molar-refractivity contribution in [2.45, 2.75) is 31.7 Å². The lowest BCUT2D eigenvalue weighted by Gasteiger charge is -2.33. The summed E-state index contributed by atoms with van der Waals surface area (Å²) >= 11 is 0. The number of ketones is 1. The summed E-state index contributed by atoms with van der Waals surface area (Å²) in [4.78, 5) is 14.8. The lowest BCUT2D eigenvalue weighted by atomic mass is 9.94. The lowest BCUT2D eigenvalue weighted by molar-refractivity contribution is 0.0215. The Bertz CT molecular complexity index is 744. The highest BCUT2D eigenvalue weighted by Crippen LogP contribution is 2.38. The molecule has 2 aliphatic rings. The number of hydrogen-bond donors (Lipinski definition) is 1. The molecule has 0 bridgehead atoms. The van der Waals surface area contributed by atoms with Crippen LogP contribution < -0.4 is 0 Å². The molecule has 4 rings (SSSR count). The number of hydrogen-bond acceptors (Lipinski definition) is 4. The second-order valence-corrected chi connectivity index (χ2v) is 6.51. The average Bonchev–Trinajstić information content (AvgIpc) is 3.05. The normalized spacial score (nSPS) is 22.9. The second-order valence-electron chi connectivity index (χ2n) is 6.51. The van der Waals surface area contributed by atoms with Gasteiger partial charge >= 0.3 is 0 Å². The molecule has 0 amide bonds. The molecule has 4 nitrogen and oxygen atoms in total. The zero-order valence-corrected chi connectivity index (χ0v) is 13.5. The highest BCUT2D eigenvalue weighted by atomic mass is 16.5. The highest BCUT2D eigenvalue weighted by Gasteiger charge is 2.39. The van der Waals surface area contributed by atoms with Crippen molar-refractivity contribution in [3.05, 3.63) is 70.8 Å². The second kappa shape index (κ2) is 6.48. The van der Waals surface area contributed by atoms with Crippen molar-refractivity contribution < 1.29 is 14.6 Å².